The molecule has 0 unspecified atom stereocenters. The minimum atomic E-state index is -3.63. The quantitative estimate of drug-likeness (QED) is 0.909. The van der Waals surface area contributed by atoms with E-state index in [0.29, 0.717) is 24.3 Å². The maximum atomic E-state index is 12.4. The fraction of sp³-hybridized carbons (Fsp3) is 0.312. The molecule has 1 fully saturated rings. The lowest BCUT2D eigenvalue weighted by atomic mass is 10.2. The van der Waals surface area contributed by atoms with Crippen LogP contribution in [0, 0.1) is 6.92 Å². The van der Waals surface area contributed by atoms with E-state index in [1.165, 1.54) is 6.26 Å². The number of furan rings is 1. The van der Waals surface area contributed by atoms with Gasteiger partial charge in [0.05, 0.1) is 17.7 Å². The van der Waals surface area contributed by atoms with Gasteiger partial charge in [-0.2, -0.15) is 0 Å². The van der Waals surface area contributed by atoms with Crippen molar-refractivity contribution in [3.05, 3.63) is 47.9 Å². The molecule has 3 rings (SSSR count). The molecule has 0 radical (unpaired) electrons. The SMILES string of the molecule is Cc1cc(N2CCCC2=O)ccc1S(=O)(=O)NCc1ccco1. The van der Waals surface area contributed by atoms with E-state index < -0.39 is 10.0 Å². The smallest absolute Gasteiger partial charge is 0.241 e. The van der Waals surface area contributed by atoms with E-state index in [1.54, 1.807) is 42.2 Å². The van der Waals surface area contributed by atoms with Gasteiger partial charge in [-0.1, -0.05) is 0 Å². The summed E-state index contributed by atoms with van der Waals surface area (Å²) in [6.45, 7) is 2.51. The van der Waals surface area contributed by atoms with Crippen LogP contribution in [0.25, 0.3) is 0 Å². The Bertz CT molecular complexity index is 813. The van der Waals surface area contributed by atoms with Gasteiger partial charge < -0.3 is 9.32 Å². The molecule has 0 aliphatic carbocycles. The highest BCUT2D eigenvalue weighted by atomic mass is 32.2. The van der Waals surface area contributed by atoms with Crippen molar-refractivity contribution in [1.82, 2.24) is 4.72 Å². The minimum absolute atomic E-state index is 0.0796. The summed E-state index contributed by atoms with van der Waals surface area (Å²) in [5.74, 6) is 0.626. The molecule has 2 heterocycles. The van der Waals surface area contributed by atoms with Gasteiger partial charge in [0.2, 0.25) is 15.9 Å². The Kier molecular flexibility index (Phi) is 4.23. The van der Waals surface area contributed by atoms with Gasteiger partial charge >= 0.3 is 0 Å². The molecule has 23 heavy (non-hydrogen) atoms. The molecule has 1 aromatic heterocycles. The number of carbonyl (C=O) groups excluding carboxylic acids is 1. The molecule has 0 saturated carbocycles. The van der Waals surface area contributed by atoms with Gasteiger partial charge in [0.25, 0.3) is 0 Å². The highest BCUT2D eigenvalue weighted by Gasteiger charge is 2.23. The summed E-state index contributed by atoms with van der Waals surface area (Å²) in [5, 5.41) is 0. The fourth-order valence-corrected chi connectivity index (χ4v) is 3.90. The van der Waals surface area contributed by atoms with Crippen molar-refractivity contribution in [2.75, 3.05) is 11.4 Å². The number of amides is 1. The van der Waals surface area contributed by atoms with Crippen LogP contribution in [0.4, 0.5) is 5.69 Å². The molecule has 1 N–H and O–H groups in total. The molecule has 0 bridgehead atoms. The first-order valence-electron chi connectivity index (χ1n) is 7.40. The lowest BCUT2D eigenvalue weighted by molar-refractivity contribution is -0.117. The van der Waals surface area contributed by atoms with Crippen molar-refractivity contribution >= 4 is 21.6 Å². The van der Waals surface area contributed by atoms with Gasteiger partial charge in [-0.3, -0.25) is 4.79 Å². The second-order valence-corrected chi connectivity index (χ2v) is 7.24. The lowest BCUT2D eigenvalue weighted by Crippen LogP contribution is -2.25. The average molecular weight is 334 g/mol. The van der Waals surface area contributed by atoms with Crippen molar-refractivity contribution in [2.45, 2.75) is 31.2 Å². The molecule has 122 valence electrons. The maximum absolute atomic E-state index is 12.4. The lowest BCUT2D eigenvalue weighted by Gasteiger charge is -2.17. The molecular formula is C16H18N2O4S. The summed E-state index contributed by atoms with van der Waals surface area (Å²) >= 11 is 0. The van der Waals surface area contributed by atoms with Crippen molar-refractivity contribution in [1.29, 1.82) is 0 Å². The number of aryl methyl sites for hydroxylation is 1. The monoisotopic (exact) mass is 334 g/mol. The number of anilines is 1. The second-order valence-electron chi connectivity index (χ2n) is 5.50. The predicted molar refractivity (Wildman–Crippen MR) is 85.5 cm³/mol. The zero-order valence-corrected chi connectivity index (χ0v) is 13.6. The van der Waals surface area contributed by atoms with Crippen LogP contribution < -0.4 is 9.62 Å². The molecule has 1 aliphatic rings. The molecule has 1 aliphatic heterocycles. The summed E-state index contributed by atoms with van der Waals surface area (Å²) in [7, 11) is -3.63. The first-order valence-corrected chi connectivity index (χ1v) is 8.89. The molecule has 7 heteroatoms. The van der Waals surface area contributed by atoms with Crippen molar-refractivity contribution in [3.8, 4) is 0 Å². The van der Waals surface area contributed by atoms with Gasteiger partial charge in [0.15, 0.2) is 0 Å². The van der Waals surface area contributed by atoms with Crippen molar-refractivity contribution in [2.24, 2.45) is 0 Å². The number of sulfonamides is 1. The summed E-state index contributed by atoms with van der Waals surface area (Å²) in [4.78, 5) is 13.7. The average Bonchev–Trinajstić information content (AvgIpc) is 3.16. The van der Waals surface area contributed by atoms with E-state index in [-0.39, 0.29) is 17.3 Å². The molecule has 2 aromatic rings. The largest absolute Gasteiger partial charge is 0.468 e. The number of nitrogens with zero attached hydrogens (tertiary/aromatic N) is 1. The number of benzene rings is 1. The molecule has 1 aromatic carbocycles. The third-order valence-corrected chi connectivity index (χ3v) is 5.41. The molecule has 0 spiro atoms. The Morgan fingerprint density at radius 2 is 2.13 bits per heavy atom. The van der Waals surface area contributed by atoms with Gasteiger partial charge in [0, 0.05) is 18.7 Å². The normalized spacial score (nSPS) is 15.3. The highest BCUT2D eigenvalue weighted by molar-refractivity contribution is 7.89. The Balaban J connectivity index is 1.80. The molecule has 6 nitrogen and oxygen atoms in total. The Morgan fingerprint density at radius 3 is 2.74 bits per heavy atom. The predicted octanol–water partition coefficient (Wildman–Crippen LogP) is 2.19. The van der Waals surface area contributed by atoms with Gasteiger partial charge in [0.1, 0.15) is 5.76 Å². The number of hydrogen-bond donors (Lipinski definition) is 1. The first-order chi connectivity index (χ1) is 11.0. The molecule has 0 atom stereocenters. The molecular weight excluding hydrogens is 316 g/mol. The second kappa shape index (κ2) is 6.17. The molecule has 1 saturated heterocycles. The number of carbonyl (C=O) groups is 1. The van der Waals surface area contributed by atoms with Crippen LogP contribution in [0.1, 0.15) is 24.2 Å². The van der Waals surface area contributed by atoms with Gasteiger partial charge in [-0.15, -0.1) is 0 Å². The third kappa shape index (κ3) is 3.30. The van der Waals surface area contributed by atoms with Crippen molar-refractivity contribution < 1.29 is 17.6 Å². The zero-order chi connectivity index (χ0) is 16.4. The topological polar surface area (TPSA) is 79.6 Å². The van der Waals surface area contributed by atoms with Crippen LogP contribution >= 0.6 is 0 Å². The van der Waals surface area contributed by atoms with Crippen LogP contribution in [0.15, 0.2) is 45.9 Å². The van der Waals surface area contributed by atoms with Gasteiger partial charge in [-0.05, 0) is 49.2 Å². The number of nitrogens with one attached hydrogen (secondary N) is 1. The van der Waals surface area contributed by atoms with E-state index >= 15 is 0 Å². The van der Waals surface area contributed by atoms with Crippen LogP contribution in [-0.2, 0) is 21.4 Å². The first kappa shape index (κ1) is 15.8. The van der Waals surface area contributed by atoms with Crippen molar-refractivity contribution in [3.63, 3.8) is 0 Å². The van der Waals surface area contributed by atoms with E-state index in [0.717, 1.165) is 12.1 Å². The van der Waals surface area contributed by atoms with Gasteiger partial charge in [-0.25, -0.2) is 13.1 Å². The van der Waals surface area contributed by atoms with Crippen LogP contribution in [0.2, 0.25) is 0 Å². The standard InChI is InChI=1S/C16H18N2O4S/c1-12-10-13(18-8-2-5-16(18)19)6-7-15(12)23(20,21)17-11-14-4-3-9-22-14/h3-4,6-7,9-10,17H,2,5,8,11H2,1H3. The fourth-order valence-electron chi connectivity index (χ4n) is 2.68. The highest BCUT2D eigenvalue weighted by Crippen LogP contribution is 2.26. The summed E-state index contributed by atoms with van der Waals surface area (Å²) in [6.07, 6.45) is 2.88. The third-order valence-electron chi connectivity index (χ3n) is 3.85. The Morgan fingerprint density at radius 1 is 1.30 bits per heavy atom. The Labute approximate surface area is 135 Å². The summed E-state index contributed by atoms with van der Waals surface area (Å²) in [6, 6.07) is 8.37. The van der Waals surface area contributed by atoms with Crippen LogP contribution in [0.3, 0.4) is 0 Å². The van der Waals surface area contributed by atoms with E-state index in [4.69, 9.17) is 4.42 Å². The van der Waals surface area contributed by atoms with E-state index in [1.807, 2.05) is 0 Å². The Hall–Kier alpha value is -2.12. The molecule has 1 amide bonds. The number of hydrogen-bond acceptors (Lipinski definition) is 4. The van der Waals surface area contributed by atoms with E-state index in [2.05, 4.69) is 4.72 Å². The number of rotatable bonds is 5. The maximum Gasteiger partial charge on any atom is 0.241 e. The van der Waals surface area contributed by atoms with Crippen LogP contribution in [0.5, 0.6) is 0 Å². The summed E-state index contributed by atoms with van der Waals surface area (Å²) < 4.78 is 32.5. The van der Waals surface area contributed by atoms with E-state index in [9.17, 15) is 13.2 Å². The summed E-state index contributed by atoms with van der Waals surface area (Å²) in [5.41, 5.74) is 1.35. The van der Waals surface area contributed by atoms with Crippen LogP contribution in [-0.4, -0.2) is 20.9 Å². The minimum Gasteiger partial charge on any atom is -0.468 e. The zero-order valence-electron chi connectivity index (χ0n) is 12.8.